The van der Waals surface area contributed by atoms with Gasteiger partial charge in [0.1, 0.15) is 18.1 Å². The summed E-state index contributed by atoms with van der Waals surface area (Å²) >= 11 is 0. The lowest BCUT2D eigenvalue weighted by molar-refractivity contribution is -0.143. The van der Waals surface area contributed by atoms with Crippen LogP contribution in [0.2, 0.25) is 0 Å². The molecule has 0 aliphatic rings. The van der Waals surface area contributed by atoms with Crippen molar-refractivity contribution in [2.24, 2.45) is 23.1 Å². The number of nitrogens with one attached hydrogen (secondary N) is 3. The topological polar surface area (TPSA) is 237 Å². The van der Waals surface area contributed by atoms with E-state index < -0.39 is 66.1 Å². The van der Waals surface area contributed by atoms with Gasteiger partial charge >= 0.3 is 5.97 Å². The molecule has 4 unspecified atom stereocenters. The number of amides is 5. The van der Waals surface area contributed by atoms with Gasteiger partial charge in [-0.25, -0.2) is 4.79 Å². The van der Waals surface area contributed by atoms with Crippen LogP contribution < -0.4 is 33.2 Å². The van der Waals surface area contributed by atoms with E-state index in [9.17, 15) is 33.9 Å². The van der Waals surface area contributed by atoms with Crippen molar-refractivity contribution >= 4 is 35.5 Å². The first-order valence-corrected chi connectivity index (χ1v) is 11.8. The van der Waals surface area contributed by atoms with Crippen LogP contribution in [0.4, 0.5) is 0 Å². The van der Waals surface area contributed by atoms with E-state index in [4.69, 9.17) is 17.2 Å². The Morgan fingerprint density at radius 2 is 1.35 bits per heavy atom. The van der Waals surface area contributed by atoms with Gasteiger partial charge in [-0.05, 0) is 24.3 Å². The van der Waals surface area contributed by atoms with Crippen molar-refractivity contribution in [1.82, 2.24) is 16.0 Å². The number of rotatable bonds is 16. The number of carboxylic acids is 1. The predicted molar refractivity (Wildman–Crippen MR) is 133 cm³/mol. The first-order chi connectivity index (χ1) is 17.3. The van der Waals surface area contributed by atoms with Gasteiger partial charge in [0.15, 0.2) is 0 Å². The minimum atomic E-state index is -1.59. The van der Waals surface area contributed by atoms with E-state index in [-0.39, 0.29) is 31.6 Å². The van der Waals surface area contributed by atoms with Crippen LogP contribution >= 0.6 is 0 Å². The van der Waals surface area contributed by atoms with E-state index in [2.05, 4.69) is 16.0 Å². The smallest absolute Gasteiger partial charge is 0.326 e. The van der Waals surface area contributed by atoms with Crippen molar-refractivity contribution in [3.63, 3.8) is 0 Å². The molecule has 0 radical (unpaired) electrons. The number of carbonyl (C=O) groups excluding carboxylic acids is 5. The first kappa shape index (κ1) is 31.0. The largest absolute Gasteiger partial charge is 0.480 e. The highest BCUT2D eigenvalue weighted by atomic mass is 16.4. The molecule has 4 atom stereocenters. The summed E-state index contributed by atoms with van der Waals surface area (Å²) in [6.07, 6.45) is -0.541. The number of hydrogen-bond acceptors (Lipinski definition) is 7. The summed E-state index contributed by atoms with van der Waals surface area (Å²) < 4.78 is 0. The molecule has 0 heterocycles. The van der Waals surface area contributed by atoms with Crippen LogP contribution in [-0.2, 0) is 35.2 Å². The highest BCUT2D eigenvalue weighted by molar-refractivity contribution is 5.95. The highest BCUT2D eigenvalue weighted by Crippen LogP contribution is 2.09. The second kappa shape index (κ2) is 15.2. The van der Waals surface area contributed by atoms with Gasteiger partial charge in [-0.3, -0.25) is 24.0 Å². The fraction of sp³-hybridized carbons (Fsp3) is 0.500. The van der Waals surface area contributed by atoms with Crippen molar-refractivity contribution in [2.45, 2.75) is 70.1 Å². The zero-order valence-corrected chi connectivity index (χ0v) is 20.9. The fourth-order valence-corrected chi connectivity index (χ4v) is 3.42. The number of carbonyl (C=O) groups is 6. The van der Waals surface area contributed by atoms with Crippen molar-refractivity contribution in [1.29, 1.82) is 0 Å². The second-order valence-electron chi connectivity index (χ2n) is 9.12. The van der Waals surface area contributed by atoms with Gasteiger partial charge in [0.05, 0.1) is 12.5 Å². The summed E-state index contributed by atoms with van der Waals surface area (Å²) in [6.45, 7) is 3.66. The number of benzene rings is 1. The lowest BCUT2D eigenvalue weighted by atomic mass is 10.00. The Morgan fingerprint density at radius 3 is 1.86 bits per heavy atom. The van der Waals surface area contributed by atoms with Crippen LogP contribution in [0, 0.1) is 5.92 Å². The summed E-state index contributed by atoms with van der Waals surface area (Å²) in [5.41, 5.74) is 16.7. The van der Waals surface area contributed by atoms with Crippen LogP contribution in [0.15, 0.2) is 30.3 Å². The Hall–Kier alpha value is -4.00. The number of nitrogens with two attached hydrogens (primary N) is 3. The Kier molecular flexibility index (Phi) is 12.7. The summed E-state index contributed by atoms with van der Waals surface area (Å²) in [5.74, 6) is -5.26. The Balaban J connectivity index is 3.10. The van der Waals surface area contributed by atoms with Crippen molar-refractivity contribution in [2.75, 3.05) is 0 Å². The highest BCUT2D eigenvalue weighted by Gasteiger charge is 2.31. The van der Waals surface area contributed by atoms with Gasteiger partial charge in [-0.15, -0.1) is 0 Å². The molecule has 0 aliphatic heterocycles. The molecule has 13 heteroatoms. The molecule has 1 aromatic rings. The molecule has 0 bridgehead atoms. The van der Waals surface area contributed by atoms with Gasteiger partial charge in [0.2, 0.25) is 29.5 Å². The van der Waals surface area contributed by atoms with Gasteiger partial charge in [-0.1, -0.05) is 44.2 Å². The maximum atomic E-state index is 13.2. The van der Waals surface area contributed by atoms with Crippen molar-refractivity contribution in [3.8, 4) is 0 Å². The number of carboxylic acid groups (broad SMARTS) is 1. The molecule has 0 aliphatic carbocycles. The third kappa shape index (κ3) is 12.0. The molecule has 13 nitrogen and oxygen atoms in total. The SMILES string of the molecule is CC(C)CC(NC(=O)C(N)CCC(N)=O)C(=O)NC(Cc1ccccc1)C(=O)NC(CC(N)=O)C(=O)O. The maximum absolute atomic E-state index is 13.2. The van der Waals surface area contributed by atoms with Crippen LogP contribution in [0.3, 0.4) is 0 Å². The van der Waals surface area contributed by atoms with E-state index in [1.54, 1.807) is 30.3 Å². The molecule has 0 spiro atoms. The minimum absolute atomic E-state index is 0.00178. The molecular weight excluding hydrogens is 484 g/mol. The van der Waals surface area contributed by atoms with Crippen LogP contribution in [0.1, 0.15) is 45.1 Å². The lowest BCUT2D eigenvalue weighted by Gasteiger charge is -2.26. The quantitative estimate of drug-likeness (QED) is 0.132. The molecule has 0 aromatic heterocycles. The van der Waals surface area contributed by atoms with Gasteiger partial charge in [0, 0.05) is 12.8 Å². The maximum Gasteiger partial charge on any atom is 0.326 e. The number of hydrogen-bond donors (Lipinski definition) is 7. The Bertz CT molecular complexity index is 970. The first-order valence-electron chi connectivity index (χ1n) is 11.8. The summed E-state index contributed by atoms with van der Waals surface area (Å²) in [4.78, 5) is 72.4. The molecule has 0 fully saturated rings. The van der Waals surface area contributed by atoms with Gasteiger partial charge < -0.3 is 38.3 Å². The second-order valence-corrected chi connectivity index (χ2v) is 9.12. The normalized spacial score (nSPS) is 14.1. The Labute approximate surface area is 214 Å². The zero-order chi connectivity index (χ0) is 28.1. The van der Waals surface area contributed by atoms with Crippen LogP contribution in [0.25, 0.3) is 0 Å². The van der Waals surface area contributed by atoms with Gasteiger partial charge in [0.25, 0.3) is 0 Å². The molecule has 1 aromatic carbocycles. The van der Waals surface area contributed by atoms with Crippen molar-refractivity contribution < 1.29 is 33.9 Å². The molecule has 1 rings (SSSR count). The summed E-state index contributed by atoms with van der Waals surface area (Å²) in [6, 6.07) is 3.69. The van der Waals surface area contributed by atoms with Gasteiger partial charge in [-0.2, -0.15) is 0 Å². The van der Waals surface area contributed by atoms with E-state index in [0.717, 1.165) is 0 Å². The fourth-order valence-electron chi connectivity index (χ4n) is 3.42. The summed E-state index contributed by atoms with van der Waals surface area (Å²) in [5, 5.41) is 16.7. The third-order valence-corrected chi connectivity index (χ3v) is 5.31. The lowest BCUT2D eigenvalue weighted by Crippen LogP contribution is -2.58. The standard InChI is InChI=1S/C24H36N6O7/c1-13(2)10-16(28-21(33)15(25)8-9-19(26)31)22(34)29-17(11-14-6-4-3-5-7-14)23(35)30-18(24(36)37)12-20(27)32/h3-7,13,15-18H,8-12,25H2,1-2H3,(H2,26,31)(H2,27,32)(H,28,33)(H,29,34)(H,30,35)(H,36,37). The molecular formula is C24H36N6O7. The Morgan fingerprint density at radius 1 is 0.811 bits per heavy atom. The average Bonchev–Trinajstić information content (AvgIpc) is 2.80. The molecule has 10 N–H and O–H groups in total. The van der Waals surface area contributed by atoms with E-state index in [1.165, 1.54) is 0 Å². The van der Waals surface area contributed by atoms with E-state index in [1.807, 2.05) is 13.8 Å². The third-order valence-electron chi connectivity index (χ3n) is 5.31. The van der Waals surface area contributed by atoms with Crippen LogP contribution in [0.5, 0.6) is 0 Å². The molecule has 0 saturated heterocycles. The molecule has 204 valence electrons. The number of primary amides is 2. The molecule has 37 heavy (non-hydrogen) atoms. The monoisotopic (exact) mass is 520 g/mol. The van der Waals surface area contributed by atoms with Crippen molar-refractivity contribution in [3.05, 3.63) is 35.9 Å². The minimum Gasteiger partial charge on any atom is -0.480 e. The number of aliphatic carboxylic acids is 1. The zero-order valence-electron chi connectivity index (χ0n) is 20.9. The van der Waals surface area contributed by atoms with Crippen LogP contribution in [-0.4, -0.2) is 64.8 Å². The van der Waals surface area contributed by atoms with E-state index in [0.29, 0.717) is 5.56 Å². The molecule has 0 saturated carbocycles. The predicted octanol–water partition coefficient (Wildman–Crippen LogP) is -1.72. The summed E-state index contributed by atoms with van der Waals surface area (Å²) in [7, 11) is 0. The molecule has 5 amide bonds. The average molecular weight is 521 g/mol. The van der Waals surface area contributed by atoms with E-state index >= 15 is 0 Å².